The highest BCUT2D eigenvalue weighted by Gasteiger charge is 2.18. The average molecular weight is 387 g/mol. The number of benzene rings is 2. The predicted octanol–water partition coefficient (Wildman–Crippen LogP) is 0.799. The summed E-state index contributed by atoms with van der Waals surface area (Å²) >= 11 is 0. The van der Waals surface area contributed by atoms with Crippen LogP contribution in [0.25, 0.3) is 16.9 Å². The van der Waals surface area contributed by atoms with Crippen molar-refractivity contribution in [3.05, 3.63) is 60.3 Å². The Kier molecular flexibility index (Phi) is 4.95. The van der Waals surface area contributed by atoms with Crippen LogP contribution in [-0.2, 0) is 10.0 Å². The number of carbonyl (C=O) groups excluding carboxylic acids is 1. The minimum atomic E-state index is -3.79. The molecule has 0 atom stereocenters. The third kappa shape index (κ3) is 3.82. The number of amides is 1. The van der Waals surface area contributed by atoms with E-state index in [9.17, 15) is 13.2 Å². The van der Waals surface area contributed by atoms with E-state index in [-0.39, 0.29) is 10.5 Å². The van der Waals surface area contributed by atoms with E-state index in [1.165, 1.54) is 35.1 Å². The Labute approximate surface area is 155 Å². The molecule has 10 heteroatoms. The Morgan fingerprint density at radius 3 is 2.26 bits per heavy atom. The van der Waals surface area contributed by atoms with Crippen LogP contribution in [0.5, 0.6) is 5.75 Å². The van der Waals surface area contributed by atoms with Crippen molar-refractivity contribution in [2.24, 2.45) is 11.0 Å². The Balaban J connectivity index is 2.07. The van der Waals surface area contributed by atoms with Crippen LogP contribution in [0, 0.1) is 0 Å². The lowest BCUT2D eigenvalue weighted by atomic mass is 10.1. The molecule has 0 unspecified atom stereocenters. The lowest BCUT2D eigenvalue weighted by Crippen LogP contribution is -2.30. The third-order valence-electron chi connectivity index (χ3n) is 3.88. The Hall–Kier alpha value is -3.21. The smallest absolute Gasteiger partial charge is 0.269 e. The molecule has 0 fully saturated rings. The van der Waals surface area contributed by atoms with Crippen LogP contribution in [0.3, 0.4) is 0 Å². The van der Waals surface area contributed by atoms with Crippen LogP contribution >= 0.6 is 0 Å². The molecule has 9 nitrogen and oxygen atoms in total. The summed E-state index contributed by atoms with van der Waals surface area (Å²) in [5.41, 5.74) is 4.01. The van der Waals surface area contributed by atoms with Gasteiger partial charge in [-0.1, -0.05) is 0 Å². The summed E-state index contributed by atoms with van der Waals surface area (Å²) in [5, 5.41) is 9.55. The van der Waals surface area contributed by atoms with Crippen molar-refractivity contribution in [3.8, 4) is 22.7 Å². The molecule has 0 spiro atoms. The van der Waals surface area contributed by atoms with Gasteiger partial charge in [-0.2, -0.15) is 5.10 Å². The van der Waals surface area contributed by atoms with Gasteiger partial charge in [-0.25, -0.2) is 24.1 Å². The van der Waals surface area contributed by atoms with E-state index in [2.05, 4.69) is 10.5 Å². The molecule has 0 aliphatic carbocycles. The fraction of sp³-hybridized carbons (Fsp3) is 0.0588. The van der Waals surface area contributed by atoms with Gasteiger partial charge in [0.2, 0.25) is 10.0 Å². The van der Waals surface area contributed by atoms with Crippen LogP contribution < -0.4 is 21.1 Å². The van der Waals surface area contributed by atoms with E-state index < -0.39 is 15.9 Å². The number of ether oxygens (including phenoxy) is 1. The molecule has 0 saturated carbocycles. The minimum Gasteiger partial charge on any atom is -0.497 e. The zero-order chi connectivity index (χ0) is 19.6. The molecule has 1 heterocycles. The second kappa shape index (κ2) is 7.19. The van der Waals surface area contributed by atoms with E-state index >= 15 is 0 Å². The molecule has 3 rings (SSSR count). The first-order chi connectivity index (χ1) is 12.8. The number of methoxy groups -OCH3 is 1. The summed E-state index contributed by atoms with van der Waals surface area (Å²) in [6.07, 6.45) is 1.51. The molecule has 1 amide bonds. The summed E-state index contributed by atoms with van der Waals surface area (Å²) < 4.78 is 29.4. The van der Waals surface area contributed by atoms with E-state index in [1.807, 2.05) is 0 Å². The van der Waals surface area contributed by atoms with Crippen LogP contribution in [0.1, 0.15) is 10.4 Å². The number of nitrogens with one attached hydrogen (secondary N) is 1. The van der Waals surface area contributed by atoms with Crippen LogP contribution in [0.2, 0.25) is 0 Å². The van der Waals surface area contributed by atoms with Gasteiger partial charge >= 0.3 is 0 Å². The standard InChI is InChI=1S/C17H17N5O4S/c1-26-13-6-2-11(3-7-13)16-15(17(23)20-18)10-22(21-16)12-4-8-14(9-5-12)27(19,24)25/h2-10H,18H2,1H3,(H,20,23)(H2,19,24,25). The van der Waals surface area contributed by atoms with E-state index in [1.54, 1.807) is 31.4 Å². The van der Waals surface area contributed by atoms with E-state index in [0.717, 1.165) is 0 Å². The van der Waals surface area contributed by atoms with Crippen LogP contribution in [-0.4, -0.2) is 31.2 Å². The molecule has 1 aromatic heterocycles. The lowest BCUT2D eigenvalue weighted by Gasteiger charge is -2.04. The van der Waals surface area contributed by atoms with E-state index in [0.29, 0.717) is 22.7 Å². The maximum atomic E-state index is 12.2. The molecule has 0 aliphatic heterocycles. The fourth-order valence-corrected chi connectivity index (χ4v) is 3.02. The molecule has 0 saturated heterocycles. The number of nitrogens with two attached hydrogens (primary N) is 2. The molecule has 0 bridgehead atoms. The Morgan fingerprint density at radius 1 is 1.11 bits per heavy atom. The average Bonchev–Trinajstić information content (AvgIpc) is 3.12. The predicted molar refractivity (Wildman–Crippen MR) is 98.6 cm³/mol. The SMILES string of the molecule is COc1ccc(-c2nn(-c3ccc(S(N)(=O)=O)cc3)cc2C(=O)NN)cc1. The highest BCUT2D eigenvalue weighted by Crippen LogP contribution is 2.26. The molecule has 3 aromatic rings. The number of nitrogen functional groups attached to an aromatic ring is 1. The van der Waals surface area contributed by atoms with Crippen molar-refractivity contribution < 1.29 is 17.9 Å². The molecule has 0 aliphatic rings. The number of hydrogen-bond acceptors (Lipinski definition) is 6. The topological polar surface area (TPSA) is 142 Å². The summed E-state index contributed by atoms with van der Waals surface area (Å²) in [7, 11) is -2.24. The van der Waals surface area contributed by atoms with Gasteiger partial charge < -0.3 is 4.74 Å². The van der Waals surface area contributed by atoms with Crippen molar-refractivity contribution in [1.82, 2.24) is 15.2 Å². The largest absolute Gasteiger partial charge is 0.497 e. The quantitative estimate of drug-likeness (QED) is 0.336. The van der Waals surface area contributed by atoms with Crippen LogP contribution in [0.15, 0.2) is 59.6 Å². The van der Waals surface area contributed by atoms with E-state index in [4.69, 9.17) is 15.7 Å². The van der Waals surface area contributed by atoms with Gasteiger partial charge in [-0.15, -0.1) is 0 Å². The normalized spacial score (nSPS) is 11.2. The van der Waals surface area contributed by atoms with Gasteiger partial charge in [0.25, 0.3) is 5.91 Å². The molecule has 5 N–H and O–H groups in total. The zero-order valence-corrected chi connectivity index (χ0v) is 15.1. The second-order valence-electron chi connectivity index (χ2n) is 5.58. The van der Waals surface area contributed by atoms with Crippen molar-refractivity contribution in [2.45, 2.75) is 4.90 Å². The number of aromatic nitrogens is 2. The number of nitrogens with zero attached hydrogens (tertiary/aromatic N) is 2. The zero-order valence-electron chi connectivity index (χ0n) is 14.3. The van der Waals surface area contributed by atoms with Gasteiger partial charge in [0.1, 0.15) is 11.4 Å². The lowest BCUT2D eigenvalue weighted by molar-refractivity contribution is 0.0954. The Morgan fingerprint density at radius 2 is 1.74 bits per heavy atom. The molecular weight excluding hydrogens is 370 g/mol. The molecule has 140 valence electrons. The Bertz CT molecular complexity index is 1070. The number of rotatable bonds is 5. The monoisotopic (exact) mass is 387 g/mol. The first-order valence-corrected chi connectivity index (χ1v) is 9.26. The van der Waals surface area contributed by atoms with Gasteiger partial charge in [-0.3, -0.25) is 10.2 Å². The first kappa shape index (κ1) is 18.6. The number of sulfonamides is 1. The van der Waals surface area contributed by atoms with Crippen molar-refractivity contribution in [2.75, 3.05) is 7.11 Å². The molecule has 27 heavy (non-hydrogen) atoms. The number of hydrazine groups is 1. The molecule has 2 aromatic carbocycles. The van der Waals surface area contributed by atoms with Gasteiger partial charge in [0, 0.05) is 11.8 Å². The minimum absolute atomic E-state index is 0.0197. The summed E-state index contributed by atoms with van der Waals surface area (Å²) in [4.78, 5) is 12.1. The molecular formula is C17H17N5O4S. The maximum Gasteiger partial charge on any atom is 0.269 e. The van der Waals surface area contributed by atoms with Gasteiger partial charge in [0.15, 0.2) is 0 Å². The first-order valence-electron chi connectivity index (χ1n) is 7.72. The summed E-state index contributed by atoms with van der Waals surface area (Å²) in [5.74, 6) is 5.44. The number of hydrogen-bond donors (Lipinski definition) is 3. The number of primary sulfonamides is 1. The second-order valence-corrected chi connectivity index (χ2v) is 7.14. The van der Waals surface area contributed by atoms with Crippen LogP contribution in [0.4, 0.5) is 0 Å². The highest BCUT2D eigenvalue weighted by atomic mass is 32.2. The van der Waals surface area contributed by atoms with Crippen molar-refractivity contribution >= 4 is 15.9 Å². The molecule has 0 radical (unpaired) electrons. The van der Waals surface area contributed by atoms with Gasteiger partial charge in [0.05, 0.1) is 23.3 Å². The summed E-state index contributed by atoms with van der Waals surface area (Å²) in [6.45, 7) is 0. The van der Waals surface area contributed by atoms with Crippen molar-refractivity contribution in [1.29, 1.82) is 0 Å². The highest BCUT2D eigenvalue weighted by molar-refractivity contribution is 7.89. The maximum absolute atomic E-state index is 12.2. The fourth-order valence-electron chi connectivity index (χ4n) is 2.50. The van der Waals surface area contributed by atoms with Gasteiger partial charge in [-0.05, 0) is 48.5 Å². The summed E-state index contributed by atoms with van der Waals surface area (Å²) in [6, 6.07) is 12.8. The number of carbonyl (C=O) groups is 1. The third-order valence-corrected chi connectivity index (χ3v) is 4.81. The van der Waals surface area contributed by atoms with Crippen molar-refractivity contribution in [3.63, 3.8) is 0 Å².